The molecule has 2 fully saturated rings. The van der Waals surface area contributed by atoms with Gasteiger partial charge in [-0.25, -0.2) is 0 Å². The van der Waals surface area contributed by atoms with E-state index in [1.54, 1.807) is 0 Å². The summed E-state index contributed by atoms with van der Waals surface area (Å²) >= 11 is 0. The van der Waals surface area contributed by atoms with Crippen molar-refractivity contribution in [1.29, 1.82) is 0 Å². The number of unbranched alkanes of at least 4 members (excludes halogenated alkanes) is 1. The highest BCUT2D eigenvalue weighted by Gasteiger charge is 2.25. The number of nitrogens with one attached hydrogen (secondary N) is 1. The van der Waals surface area contributed by atoms with Gasteiger partial charge in [-0.3, -0.25) is 9.59 Å². The van der Waals surface area contributed by atoms with Gasteiger partial charge in [-0.2, -0.15) is 0 Å². The predicted octanol–water partition coefficient (Wildman–Crippen LogP) is 5.07. The molecule has 0 radical (unpaired) electrons. The van der Waals surface area contributed by atoms with Crippen LogP contribution >= 0.6 is 0 Å². The fourth-order valence-corrected chi connectivity index (χ4v) is 4.50. The van der Waals surface area contributed by atoms with Gasteiger partial charge >= 0.3 is 0 Å². The van der Waals surface area contributed by atoms with Gasteiger partial charge in [-0.1, -0.05) is 26.7 Å². The second kappa shape index (κ2) is 10.7. The molecule has 2 saturated heterocycles. The molecule has 5 nitrogen and oxygen atoms in total. The van der Waals surface area contributed by atoms with Crippen molar-refractivity contribution in [3.05, 3.63) is 23.8 Å². The first-order valence-corrected chi connectivity index (χ1v) is 11.6. The van der Waals surface area contributed by atoms with Crippen LogP contribution in [0.1, 0.15) is 82.0 Å². The zero-order valence-corrected chi connectivity index (χ0v) is 18.2. The number of hydrogen-bond donors (Lipinski definition) is 1. The average Bonchev–Trinajstić information content (AvgIpc) is 3.29. The summed E-state index contributed by atoms with van der Waals surface area (Å²) < 4.78 is 0. The van der Waals surface area contributed by atoms with E-state index in [0.717, 1.165) is 81.6 Å². The number of amides is 2. The third-order valence-corrected chi connectivity index (χ3v) is 6.35. The number of likely N-dealkylation sites (tertiary alicyclic amines) is 1. The van der Waals surface area contributed by atoms with Crippen LogP contribution < -0.4 is 10.2 Å². The first kappa shape index (κ1) is 21.7. The number of hydrogen-bond acceptors (Lipinski definition) is 3. The summed E-state index contributed by atoms with van der Waals surface area (Å²) in [5, 5.41) is 3.09. The molecule has 160 valence electrons. The Kier molecular flexibility index (Phi) is 7.96. The van der Waals surface area contributed by atoms with E-state index in [0.29, 0.717) is 0 Å². The molecular weight excluding hydrogens is 362 g/mol. The highest BCUT2D eigenvalue weighted by molar-refractivity contribution is 6.02. The van der Waals surface area contributed by atoms with E-state index < -0.39 is 0 Å². The fourth-order valence-electron chi connectivity index (χ4n) is 4.50. The Morgan fingerprint density at radius 2 is 1.69 bits per heavy atom. The van der Waals surface area contributed by atoms with E-state index in [4.69, 9.17) is 0 Å². The van der Waals surface area contributed by atoms with Crippen molar-refractivity contribution in [3.63, 3.8) is 0 Å². The maximum absolute atomic E-state index is 13.3. The number of carbonyl (C=O) groups excluding carboxylic acids is 2. The molecule has 1 N–H and O–H groups in total. The molecule has 2 aliphatic rings. The van der Waals surface area contributed by atoms with Crippen molar-refractivity contribution in [2.24, 2.45) is 5.92 Å². The Labute approximate surface area is 175 Å². The highest BCUT2D eigenvalue weighted by Crippen LogP contribution is 2.29. The Morgan fingerprint density at radius 1 is 1.00 bits per heavy atom. The van der Waals surface area contributed by atoms with E-state index in [1.165, 1.54) is 19.3 Å². The van der Waals surface area contributed by atoms with Crippen LogP contribution in [-0.2, 0) is 4.79 Å². The lowest BCUT2D eigenvalue weighted by molar-refractivity contribution is -0.120. The zero-order valence-electron chi connectivity index (χ0n) is 18.2. The summed E-state index contributed by atoms with van der Waals surface area (Å²) in [4.78, 5) is 30.3. The van der Waals surface area contributed by atoms with Gasteiger partial charge in [-0.05, 0) is 63.1 Å². The molecule has 0 saturated carbocycles. The van der Waals surface area contributed by atoms with Crippen LogP contribution in [0.3, 0.4) is 0 Å². The maximum atomic E-state index is 13.3. The summed E-state index contributed by atoms with van der Waals surface area (Å²) in [6, 6.07) is 5.92. The monoisotopic (exact) mass is 399 g/mol. The smallest absolute Gasteiger partial charge is 0.256 e. The summed E-state index contributed by atoms with van der Waals surface area (Å²) in [5.41, 5.74) is 2.51. The largest absolute Gasteiger partial charge is 0.371 e. The lowest BCUT2D eigenvalue weighted by atomic mass is 9.98. The number of rotatable bonds is 8. The van der Waals surface area contributed by atoms with Gasteiger partial charge in [0.05, 0.1) is 5.56 Å². The second-order valence-corrected chi connectivity index (χ2v) is 8.52. The van der Waals surface area contributed by atoms with Crippen molar-refractivity contribution in [2.75, 3.05) is 36.4 Å². The Morgan fingerprint density at radius 3 is 2.34 bits per heavy atom. The number of anilines is 2. The van der Waals surface area contributed by atoms with Crippen molar-refractivity contribution < 1.29 is 9.59 Å². The molecule has 0 aromatic heterocycles. The minimum atomic E-state index is 0.0365. The minimum Gasteiger partial charge on any atom is -0.371 e. The van der Waals surface area contributed by atoms with Crippen molar-refractivity contribution >= 4 is 23.2 Å². The molecule has 5 heteroatoms. The molecule has 2 aliphatic heterocycles. The van der Waals surface area contributed by atoms with Crippen molar-refractivity contribution in [1.82, 2.24) is 4.90 Å². The van der Waals surface area contributed by atoms with Crippen LogP contribution in [0.25, 0.3) is 0 Å². The predicted molar refractivity (Wildman–Crippen MR) is 120 cm³/mol. The molecule has 0 spiro atoms. The van der Waals surface area contributed by atoms with E-state index >= 15 is 0 Å². The number of nitrogens with zero attached hydrogens (tertiary/aromatic N) is 2. The van der Waals surface area contributed by atoms with Gasteiger partial charge < -0.3 is 15.1 Å². The normalized spacial score (nSPS) is 18.0. The molecule has 0 unspecified atom stereocenters. The van der Waals surface area contributed by atoms with Gasteiger partial charge in [0.1, 0.15) is 0 Å². The minimum absolute atomic E-state index is 0.0365. The summed E-state index contributed by atoms with van der Waals surface area (Å²) in [7, 11) is 0. The van der Waals surface area contributed by atoms with Gasteiger partial charge in [0, 0.05) is 43.5 Å². The third-order valence-electron chi connectivity index (χ3n) is 6.35. The Balaban J connectivity index is 1.82. The van der Waals surface area contributed by atoms with Gasteiger partial charge in [-0.15, -0.1) is 0 Å². The quantitative estimate of drug-likeness (QED) is 0.664. The molecule has 0 bridgehead atoms. The first-order valence-electron chi connectivity index (χ1n) is 11.6. The van der Waals surface area contributed by atoms with Crippen LogP contribution in [0.2, 0.25) is 0 Å². The fraction of sp³-hybridized carbons (Fsp3) is 0.667. The van der Waals surface area contributed by atoms with Crippen molar-refractivity contribution in [2.45, 2.75) is 71.6 Å². The lowest BCUT2D eigenvalue weighted by Gasteiger charge is -2.31. The Bertz CT molecular complexity index is 691. The lowest BCUT2D eigenvalue weighted by Crippen LogP contribution is -2.34. The van der Waals surface area contributed by atoms with E-state index in [9.17, 15) is 9.59 Å². The van der Waals surface area contributed by atoms with Crippen LogP contribution in [-0.4, -0.2) is 42.9 Å². The van der Waals surface area contributed by atoms with Crippen LogP contribution in [0, 0.1) is 5.92 Å². The topological polar surface area (TPSA) is 52.7 Å². The molecule has 2 amide bonds. The highest BCUT2D eigenvalue weighted by atomic mass is 16.2. The molecule has 0 aliphatic carbocycles. The van der Waals surface area contributed by atoms with E-state index in [1.807, 2.05) is 23.1 Å². The van der Waals surface area contributed by atoms with E-state index in [2.05, 4.69) is 24.1 Å². The number of benzene rings is 1. The van der Waals surface area contributed by atoms with E-state index in [-0.39, 0.29) is 17.7 Å². The summed E-state index contributed by atoms with van der Waals surface area (Å²) in [5.74, 6) is 0.220. The third kappa shape index (κ3) is 5.52. The molecule has 2 heterocycles. The zero-order chi connectivity index (χ0) is 20.6. The van der Waals surface area contributed by atoms with Crippen LogP contribution in [0.4, 0.5) is 11.4 Å². The Hall–Kier alpha value is -2.04. The summed E-state index contributed by atoms with van der Waals surface area (Å²) in [6.45, 7) is 7.90. The SMILES string of the molecule is CCCC[C@H](CC)C(=O)Nc1ccc(N2CCCCC2)c(C(=O)N2CCCC2)c1. The molecule has 1 atom stereocenters. The van der Waals surface area contributed by atoms with Gasteiger partial charge in [0.25, 0.3) is 5.91 Å². The molecular formula is C24H37N3O2. The molecule has 1 aromatic rings. The number of piperidine rings is 1. The van der Waals surface area contributed by atoms with Gasteiger partial charge in [0.2, 0.25) is 5.91 Å². The van der Waals surface area contributed by atoms with Crippen molar-refractivity contribution in [3.8, 4) is 0 Å². The van der Waals surface area contributed by atoms with Crippen LogP contribution in [0.5, 0.6) is 0 Å². The van der Waals surface area contributed by atoms with Crippen LogP contribution in [0.15, 0.2) is 18.2 Å². The standard InChI is InChI=1S/C24H37N3O2/c1-3-5-11-19(4-2)23(28)25-20-12-13-22(26-14-7-6-8-15-26)21(18-20)24(29)27-16-9-10-17-27/h12-13,18-19H,3-11,14-17H2,1-2H3,(H,25,28)/t19-/m0/s1. The second-order valence-electron chi connectivity index (χ2n) is 8.52. The average molecular weight is 400 g/mol. The summed E-state index contributed by atoms with van der Waals surface area (Å²) in [6.07, 6.45) is 9.70. The first-order chi connectivity index (χ1) is 14.1. The van der Waals surface area contributed by atoms with Gasteiger partial charge in [0.15, 0.2) is 0 Å². The maximum Gasteiger partial charge on any atom is 0.256 e. The molecule has 29 heavy (non-hydrogen) atoms. The number of carbonyl (C=O) groups is 2. The molecule has 3 rings (SSSR count). The molecule has 1 aromatic carbocycles.